The predicted molar refractivity (Wildman–Crippen MR) is 106 cm³/mol. The maximum Gasteiger partial charge on any atom is 0.211 e. The largest absolute Gasteiger partial charge is 0.287 e. The Morgan fingerprint density at radius 1 is 1.11 bits per heavy atom. The van der Waals surface area contributed by atoms with Gasteiger partial charge in [-0.15, -0.1) is 0 Å². The minimum Gasteiger partial charge on any atom is -0.287 e. The Morgan fingerprint density at radius 3 is 2.50 bits per heavy atom. The van der Waals surface area contributed by atoms with Crippen molar-refractivity contribution in [2.24, 2.45) is 0 Å². The second kappa shape index (κ2) is 7.33. The van der Waals surface area contributed by atoms with Gasteiger partial charge in [0.25, 0.3) is 0 Å². The van der Waals surface area contributed by atoms with Gasteiger partial charge in [0, 0.05) is 17.1 Å². The fourth-order valence-corrected chi connectivity index (χ4v) is 3.35. The Bertz CT molecular complexity index is 1210. The van der Waals surface area contributed by atoms with E-state index in [4.69, 9.17) is 11.6 Å². The van der Waals surface area contributed by atoms with Gasteiger partial charge < -0.3 is 0 Å². The molecule has 2 aromatic carbocycles. The summed E-state index contributed by atoms with van der Waals surface area (Å²) in [6.07, 6.45) is 1.49. The van der Waals surface area contributed by atoms with Crippen molar-refractivity contribution in [1.29, 1.82) is 0 Å². The predicted octanol–water partition coefficient (Wildman–Crippen LogP) is 5.01. The van der Waals surface area contributed by atoms with E-state index in [0.717, 1.165) is 12.1 Å². The molecule has 4 rings (SSSR count). The zero-order chi connectivity index (χ0) is 19.8. The number of para-hydroxylation sites is 1. The fraction of sp³-hybridized carbons (Fsp3) is 0.0500. The van der Waals surface area contributed by atoms with E-state index in [1.807, 2.05) is 0 Å². The van der Waals surface area contributed by atoms with Gasteiger partial charge in [0.05, 0.1) is 16.5 Å². The monoisotopic (exact) mass is 415 g/mol. The van der Waals surface area contributed by atoms with Crippen LogP contribution >= 0.6 is 24.2 Å². The van der Waals surface area contributed by atoms with Crippen LogP contribution in [-0.2, 0) is 5.75 Å². The van der Waals surface area contributed by atoms with Gasteiger partial charge in [-0.05, 0) is 30.3 Å². The van der Waals surface area contributed by atoms with Gasteiger partial charge in [-0.1, -0.05) is 29.8 Å². The molecular formula is C20H12ClF2N3OS. The third-order valence-corrected chi connectivity index (χ3v) is 4.86. The molecule has 0 atom stereocenters. The molecule has 0 spiro atoms. The van der Waals surface area contributed by atoms with Gasteiger partial charge in [-0.25, -0.2) is 18.7 Å². The Kier molecular flexibility index (Phi) is 4.87. The van der Waals surface area contributed by atoms with Crippen molar-refractivity contribution in [3.8, 4) is 5.69 Å². The molecule has 0 unspecified atom stereocenters. The summed E-state index contributed by atoms with van der Waals surface area (Å²) in [5, 5.41) is 0.698. The minimum absolute atomic E-state index is 0.0257. The molecule has 0 radical (unpaired) electrons. The van der Waals surface area contributed by atoms with Crippen LogP contribution in [0.4, 0.5) is 8.78 Å². The minimum atomic E-state index is -0.822. The lowest BCUT2D eigenvalue weighted by atomic mass is 10.1. The van der Waals surface area contributed by atoms with Crippen molar-refractivity contribution in [3.63, 3.8) is 0 Å². The summed E-state index contributed by atoms with van der Waals surface area (Å²) in [4.78, 5) is 21.7. The highest BCUT2D eigenvalue weighted by molar-refractivity contribution is 7.79. The van der Waals surface area contributed by atoms with E-state index < -0.39 is 23.1 Å². The van der Waals surface area contributed by atoms with Crippen LogP contribution in [0.5, 0.6) is 0 Å². The molecule has 0 amide bonds. The average Bonchev–Trinajstić information content (AvgIpc) is 3.06. The zero-order valence-corrected chi connectivity index (χ0v) is 15.9. The topological polar surface area (TPSA) is 47.8 Å². The maximum atomic E-state index is 14.6. The lowest BCUT2D eigenvalue weighted by Gasteiger charge is -2.12. The number of hydrogen-bond acceptors (Lipinski definition) is 4. The van der Waals surface area contributed by atoms with Crippen molar-refractivity contribution < 1.29 is 13.6 Å². The summed E-state index contributed by atoms with van der Waals surface area (Å²) in [5.74, 6) is -1.54. The number of benzene rings is 2. The highest BCUT2D eigenvalue weighted by Crippen LogP contribution is 2.29. The van der Waals surface area contributed by atoms with E-state index in [-0.39, 0.29) is 27.7 Å². The highest BCUT2D eigenvalue weighted by atomic mass is 35.5. The molecule has 0 fully saturated rings. The van der Waals surface area contributed by atoms with Gasteiger partial charge in [-0.2, -0.15) is 12.6 Å². The van der Waals surface area contributed by atoms with Crippen molar-refractivity contribution in [1.82, 2.24) is 14.5 Å². The van der Waals surface area contributed by atoms with Gasteiger partial charge in [0.2, 0.25) is 5.78 Å². The number of fused-ring (bicyclic) bond motifs is 1. The number of carbonyl (C=O) groups is 1. The van der Waals surface area contributed by atoms with Crippen molar-refractivity contribution >= 4 is 41.0 Å². The van der Waals surface area contributed by atoms with Gasteiger partial charge in [0.1, 0.15) is 28.8 Å². The van der Waals surface area contributed by atoms with E-state index in [9.17, 15) is 13.6 Å². The van der Waals surface area contributed by atoms with Gasteiger partial charge >= 0.3 is 0 Å². The Balaban J connectivity index is 2.07. The highest BCUT2D eigenvalue weighted by Gasteiger charge is 2.24. The van der Waals surface area contributed by atoms with E-state index in [1.165, 1.54) is 22.9 Å². The number of carbonyl (C=O) groups excluding carboxylic acids is 1. The van der Waals surface area contributed by atoms with Gasteiger partial charge in [0.15, 0.2) is 0 Å². The Morgan fingerprint density at radius 2 is 1.82 bits per heavy atom. The van der Waals surface area contributed by atoms with E-state index in [0.29, 0.717) is 11.2 Å². The lowest BCUT2D eigenvalue weighted by Crippen LogP contribution is -2.12. The van der Waals surface area contributed by atoms with Crippen LogP contribution in [0.15, 0.2) is 54.7 Å². The molecule has 4 aromatic rings. The molecule has 0 aliphatic rings. The number of hydrogen-bond donors (Lipinski definition) is 1. The number of rotatable bonds is 4. The third-order valence-electron chi connectivity index (χ3n) is 4.24. The van der Waals surface area contributed by atoms with Crippen molar-refractivity contribution in [2.75, 3.05) is 0 Å². The second-order valence-electron chi connectivity index (χ2n) is 5.97. The average molecular weight is 416 g/mol. The summed E-state index contributed by atoms with van der Waals surface area (Å²) in [6.45, 7) is 0. The molecule has 0 aliphatic carbocycles. The molecule has 140 valence electrons. The molecule has 0 bridgehead atoms. The molecule has 0 N–H and O–H groups in total. The Hall–Kier alpha value is -2.77. The molecule has 0 saturated heterocycles. The molecule has 28 heavy (non-hydrogen) atoms. The Labute approximate surface area is 169 Å². The van der Waals surface area contributed by atoms with E-state index in [2.05, 4.69) is 22.6 Å². The van der Waals surface area contributed by atoms with Crippen molar-refractivity contribution in [2.45, 2.75) is 5.75 Å². The molecule has 0 saturated carbocycles. The first-order valence-electron chi connectivity index (χ1n) is 8.23. The molecule has 2 heterocycles. The summed E-state index contributed by atoms with van der Waals surface area (Å²) in [5.41, 5.74) is 0.0558. The lowest BCUT2D eigenvalue weighted by molar-refractivity contribution is 0.103. The summed E-state index contributed by atoms with van der Waals surface area (Å²) in [6, 6.07) is 11.5. The second-order valence-corrected chi connectivity index (χ2v) is 6.69. The van der Waals surface area contributed by atoms with E-state index in [1.54, 1.807) is 24.3 Å². The number of ketones is 1. The SMILES string of the molecule is O=C(c1ccccc1Cl)c1cc2cnc(CS)nc2n1-c1c(F)cccc1F. The smallest absolute Gasteiger partial charge is 0.211 e. The molecular weight excluding hydrogens is 404 g/mol. The van der Waals surface area contributed by atoms with Crippen LogP contribution in [0, 0.1) is 11.6 Å². The van der Waals surface area contributed by atoms with Crippen LogP contribution in [0.25, 0.3) is 16.7 Å². The van der Waals surface area contributed by atoms with E-state index >= 15 is 0 Å². The molecule has 2 aromatic heterocycles. The normalized spacial score (nSPS) is 11.1. The first-order chi connectivity index (χ1) is 13.5. The van der Waals surface area contributed by atoms with Crippen molar-refractivity contribution in [3.05, 3.63) is 88.5 Å². The quantitative estimate of drug-likeness (QED) is 0.376. The standard InChI is InChI=1S/C20H12ClF2N3OS/c21-13-5-2-1-4-12(13)19(27)16-8-11-9-24-17(10-28)25-20(11)26(16)18-14(22)6-3-7-15(18)23/h1-9,28H,10H2. The molecule has 4 nitrogen and oxygen atoms in total. The van der Waals surface area contributed by atoms with Crippen LogP contribution in [-0.4, -0.2) is 20.3 Å². The number of halogens is 3. The zero-order valence-electron chi connectivity index (χ0n) is 14.2. The summed E-state index contributed by atoms with van der Waals surface area (Å²) in [7, 11) is 0. The van der Waals surface area contributed by atoms with Crippen LogP contribution in [0.2, 0.25) is 5.02 Å². The fourth-order valence-electron chi connectivity index (χ4n) is 2.98. The van der Waals surface area contributed by atoms with Gasteiger partial charge in [-0.3, -0.25) is 9.36 Å². The van der Waals surface area contributed by atoms with Crippen LogP contribution < -0.4 is 0 Å². The summed E-state index contributed by atoms with van der Waals surface area (Å²) >= 11 is 10.3. The number of thiol groups is 1. The maximum absolute atomic E-state index is 14.6. The summed E-state index contributed by atoms with van der Waals surface area (Å²) < 4.78 is 30.4. The first-order valence-corrected chi connectivity index (χ1v) is 9.24. The number of aromatic nitrogens is 3. The molecule has 0 aliphatic heterocycles. The third kappa shape index (κ3) is 3.06. The van der Waals surface area contributed by atoms with Crippen LogP contribution in [0.1, 0.15) is 21.9 Å². The first kappa shape index (κ1) is 18.6. The van der Waals surface area contributed by atoms with Crippen LogP contribution in [0.3, 0.4) is 0 Å². The number of nitrogens with zero attached hydrogens (tertiary/aromatic N) is 3. The molecule has 8 heteroatoms.